The zero-order valence-electron chi connectivity index (χ0n) is 40.5. The van der Waals surface area contributed by atoms with E-state index in [9.17, 15) is 24.3 Å². The topological polar surface area (TPSA) is 127 Å². The number of fused-ring (bicyclic) bond motifs is 5. The maximum absolute atomic E-state index is 14.6. The molecule has 0 saturated carbocycles. The molecule has 6 aliphatic heterocycles. The molecule has 0 bridgehead atoms. The van der Waals surface area contributed by atoms with Gasteiger partial charge in [-0.3, -0.25) is 23.9 Å². The molecular formula is C58H58ClN6O6+. The Morgan fingerprint density at radius 3 is 2.25 bits per heavy atom. The Morgan fingerprint density at radius 2 is 1.46 bits per heavy atom. The lowest BCUT2D eigenvalue weighted by atomic mass is 9.81. The molecule has 6 aliphatic rings. The second-order valence-corrected chi connectivity index (χ2v) is 20.7. The number of halogens is 1. The number of carboxylic acid groups (broad SMARTS) is 1. The van der Waals surface area contributed by atoms with Gasteiger partial charge in [0.2, 0.25) is 11.3 Å². The van der Waals surface area contributed by atoms with Gasteiger partial charge in [-0.15, -0.1) is 0 Å². The summed E-state index contributed by atoms with van der Waals surface area (Å²) in [4.78, 5) is 61.8. The molecule has 71 heavy (non-hydrogen) atoms. The van der Waals surface area contributed by atoms with E-state index in [-0.39, 0.29) is 29.7 Å². The van der Waals surface area contributed by atoms with Gasteiger partial charge in [0.1, 0.15) is 24.6 Å². The third-order valence-electron chi connectivity index (χ3n) is 16.0. The smallest absolute Gasteiger partial charge is 0.336 e. The molecule has 0 unspecified atom stereocenters. The number of aryl methyl sites for hydroxylation is 3. The first-order valence-corrected chi connectivity index (χ1v) is 25.9. The lowest BCUT2D eigenvalue weighted by Gasteiger charge is -2.39. The summed E-state index contributed by atoms with van der Waals surface area (Å²) in [6.45, 7) is 11.3. The summed E-state index contributed by atoms with van der Waals surface area (Å²) in [5.74, 6) is 0.234. The van der Waals surface area contributed by atoms with Crippen molar-refractivity contribution in [2.24, 2.45) is 0 Å². The van der Waals surface area contributed by atoms with Crippen LogP contribution in [0.4, 0.5) is 5.69 Å². The number of carboxylic acids is 1. The number of hydrogen-bond acceptors (Lipinski definition) is 7. The minimum absolute atomic E-state index is 0.128. The number of nitrogens with one attached hydrogen (secondary N) is 1. The number of rotatable bonds is 9. The minimum Gasteiger partial charge on any atom is -0.478 e. The highest BCUT2D eigenvalue weighted by molar-refractivity contribution is 6.30. The van der Waals surface area contributed by atoms with E-state index in [1.165, 1.54) is 33.3 Å². The molecule has 13 heteroatoms. The molecule has 0 aliphatic carbocycles. The number of amides is 2. The summed E-state index contributed by atoms with van der Waals surface area (Å²) in [7, 11) is 0. The Bertz CT molecular complexity index is 3400. The highest BCUT2D eigenvalue weighted by Gasteiger charge is 2.37. The van der Waals surface area contributed by atoms with Crippen LogP contribution in [0.5, 0.6) is 11.5 Å². The van der Waals surface area contributed by atoms with Gasteiger partial charge in [0.15, 0.2) is 0 Å². The van der Waals surface area contributed by atoms with Crippen molar-refractivity contribution in [1.82, 2.24) is 24.3 Å². The Kier molecular flexibility index (Phi) is 11.6. The van der Waals surface area contributed by atoms with Crippen molar-refractivity contribution < 1.29 is 29.0 Å². The molecule has 1 saturated heterocycles. The number of benzene rings is 5. The molecule has 1 aromatic heterocycles. The Balaban J connectivity index is 0.790. The molecule has 0 radical (unpaired) electrons. The molecule has 7 heterocycles. The average molecular weight is 971 g/mol. The first kappa shape index (κ1) is 45.4. The van der Waals surface area contributed by atoms with E-state index in [0.717, 1.165) is 133 Å². The van der Waals surface area contributed by atoms with E-state index in [4.69, 9.17) is 16.3 Å². The molecular weight excluding hydrogens is 912 g/mol. The second kappa shape index (κ2) is 18.1. The number of hydrogen-bond donors (Lipinski definition) is 2. The maximum atomic E-state index is 14.6. The fourth-order valence-electron chi connectivity index (χ4n) is 12.6. The van der Waals surface area contributed by atoms with Gasteiger partial charge in [0, 0.05) is 126 Å². The highest BCUT2D eigenvalue weighted by atomic mass is 35.5. The van der Waals surface area contributed by atoms with Gasteiger partial charge in [0.05, 0.1) is 23.1 Å². The number of aromatic nitrogens is 1. The molecule has 0 atom stereocenters. The van der Waals surface area contributed by atoms with E-state index >= 15 is 0 Å². The number of anilines is 1. The SMILES string of the molecule is Cc1ccc2c(c1)c(CC(=O)NCCN1CCN(C(=O)c3ccc(C(=O)O)c(C4=c5cc6c7c(c5Oc5c4cc4c8c5CCCN8CCC4)CCC[N+]=7CCC6)c3)CC1)c(C)n2C(=O)c1ccc(Cl)cc1. The van der Waals surface area contributed by atoms with E-state index < -0.39 is 5.97 Å². The van der Waals surface area contributed by atoms with Crippen molar-refractivity contribution >= 4 is 57.5 Å². The fourth-order valence-corrected chi connectivity index (χ4v) is 12.7. The minimum atomic E-state index is -1.03. The van der Waals surface area contributed by atoms with Crippen LogP contribution in [-0.4, -0.2) is 109 Å². The number of aromatic carboxylic acids is 1. The molecule has 12 nitrogen and oxygen atoms in total. The maximum Gasteiger partial charge on any atom is 0.336 e. The summed E-state index contributed by atoms with van der Waals surface area (Å²) in [5, 5.41) is 17.7. The monoisotopic (exact) mass is 969 g/mol. The number of carbonyl (C=O) groups is 4. The molecule has 2 amide bonds. The summed E-state index contributed by atoms with van der Waals surface area (Å²) in [5.41, 5.74) is 13.2. The summed E-state index contributed by atoms with van der Waals surface area (Å²) >= 11 is 6.11. The van der Waals surface area contributed by atoms with Crippen LogP contribution >= 0.6 is 11.6 Å². The summed E-state index contributed by atoms with van der Waals surface area (Å²) < 4.78 is 11.4. The second-order valence-electron chi connectivity index (χ2n) is 20.3. The van der Waals surface area contributed by atoms with E-state index in [2.05, 4.69) is 31.8 Å². The Hall–Kier alpha value is -6.76. The zero-order chi connectivity index (χ0) is 48.7. The number of carbonyl (C=O) groups excluding carboxylic acids is 3. The van der Waals surface area contributed by atoms with Crippen LogP contribution in [0.2, 0.25) is 5.02 Å². The predicted octanol–water partition coefficient (Wildman–Crippen LogP) is 6.85. The van der Waals surface area contributed by atoms with Crippen LogP contribution in [-0.2, 0) is 36.9 Å². The molecule has 1 fully saturated rings. The van der Waals surface area contributed by atoms with Gasteiger partial charge in [0.25, 0.3) is 11.8 Å². The lowest BCUT2D eigenvalue weighted by molar-refractivity contribution is -0.120. The highest BCUT2D eigenvalue weighted by Crippen LogP contribution is 2.49. The van der Waals surface area contributed by atoms with Crippen LogP contribution in [0.15, 0.2) is 72.8 Å². The quantitative estimate of drug-likeness (QED) is 0.151. The third kappa shape index (κ3) is 7.90. The number of piperazine rings is 1. The van der Waals surface area contributed by atoms with Crippen molar-refractivity contribution in [2.45, 2.75) is 71.6 Å². The molecule has 2 N–H and O–H groups in total. The van der Waals surface area contributed by atoms with E-state index in [1.807, 2.05) is 43.0 Å². The van der Waals surface area contributed by atoms with Gasteiger partial charge < -0.3 is 25.0 Å². The normalized spacial score (nSPS) is 17.0. The van der Waals surface area contributed by atoms with Gasteiger partial charge in [-0.05, 0) is 136 Å². The van der Waals surface area contributed by atoms with Gasteiger partial charge in [-0.1, -0.05) is 23.2 Å². The van der Waals surface area contributed by atoms with Crippen molar-refractivity contribution in [3.8, 4) is 11.5 Å². The van der Waals surface area contributed by atoms with Gasteiger partial charge in [-0.2, -0.15) is 0 Å². The Morgan fingerprint density at radius 1 is 0.732 bits per heavy atom. The van der Waals surface area contributed by atoms with Crippen molar-refractivity contribution in [1.29, 1.82) is 0 Å². The Labute approximate surface area is 417 Å². The van der Waals surface area contributed by atoms with E-state index in [1.54, 1.807) is 41.0 Å². The van der Waals surface area contributed by atoms with Gasteiger partial charge in [-0.25, -0.2) is 9.37 Å². The standard InChI is InChI=1S/C58H57ClN6O6/c1-34-11-18-49-45(29-34)44(35(2)65(49)57(68)36-12-15-40(59)16-13-36)33-50(66)60-19-24-61-25-27-64(28-26-61)56(67)39-14-17-41(58(69)70)46(32-39)51-47-30-37-7-3-20-62-22-5-9-42(52(37)62)54(47)71-55-43-10-6-23-63-21-4-8-38(53(43)63)31-48(51)55/h11-18,29-32H,3-10,19-28,33H2,1-2H3,(H-,60,66,69,70)/p+1. The van der Waals surface area contributed by atoms with Crippen LogP contribution in [0, 0.1) is 13.8 Å². The van der Waals surface area contributed by atoms with Crippen molar-refractivity contribution in [3.63, 3.8) is 0 Å². The molecule has 6 aromatic rings. The van der Waals surface area contributed by atoms with Crippen molar-refractivity contribution in [3.05, 3.63) is 155 Å². The molecule has 5 aromatic carbocycles. The van der Waals surface area contributed by atoms with E-state index in [0.29, 0.717) is 61.0 Å². The molecule has 362 valence electrons. The molecule has 12 rings (SSSR count). The third-order valence-corrected chi connectivity index (χ3v) is 16.2. The largest absolute Gasteiger partial charge is 0.478 e. The first-order valence-electron chi connectivity index (χ1n) is 25.5. The van der Waals surface area contributed by atoms with Crippen LogP contribution in [0.25, 0.3) is 16.5 Å². The fraction of sp³-hybridized carbons (Fsp3) is 0.362. The lowest BCUT2D eigenvalue weighted by Crippen LogP contribution is -2.50. The van der Waals surface area contributed by atoms with Crippen molar-refractivity contribution in [2.75, 3.05) is 70.3 Å². The van der Waals surface area contributed by atoms with Crippen LogP contribution in [0.1, 0.15) is 107 Å². The molecule has 0 spiro atoms. The average Bonchev–Trinajstić information content (AvgIpc) is 3.64. The zero-order valence-corrected chi connectivity index (χ0v) is 41.2. The number of ether oxygens (including phenoxy) is 1. The van der Waals surface area contributed by atoms with Crippen LogP contribution < -0.4 is 30.1 Å². The number of nitrogens with zero attached hydrogens (tertiary/aromatic N) is 5. The summed E-state index contributed by atoms with van der Waals surface area (Å²) in [6, 6.07) is 22.5. The van der Waals surface area contributed by atoms with Gasteiger partial charge >= 0.3 is 5.97 Å². The first-order chi connectivity index (χ1) is 34.5. The summed E-state index contributed by atoms with van der Waals surface area (Å²) in [6.07, 6.45) is 8.07. The predicted molar refractivity (Wildman–Crippen MR) is 275 cm³/mol. The van der Waals surface area contributed by atoms with Crippen LogP contribution in [0.3, 0.4) is 0 Å².